The highest BCUT2D eigenvalue weighted by Gasteiger charge is 2.18. The van der Waals surface area contributed by atoms with Crippen molar-refractivity contribution in [2.24, 2.45) is 0 Å². The van der Waals surface area contributed by atoms with E-state index in [-0.39, 0.29) is 17.9 Å². The van der Waals surface area contributed by atoms with Crippen LogP contribution in [0.25, 0.3) is 0 Å². The fraction of sp³-hybridized carbons (Fsp3) is 0.263. The van der Waals surface area contributed by atoms with E-state index in [4.69, 9.17) is 11.6 Å². The predicted octanol–water partition coefficient (Wildman–Crippen LogP) is 4.26. The van der Waals surface area contributed by atoms with Gasteiger partial charge in [-0.3, -0.25) is 9.59 Å². The molecule has 0 radical (unpaired) electrons. The number of hydrogen-bond acceptors (Lipinski definition) is 2. The molecule has 24 heavy (non-hydrogen) atoms. The Bertz CT molecular complexity index is 755. The lowest BCUT2D eigenvalue weighted by atomic mass is 10.1. The quantitative estimate of drug-likeness (QED) is 0.872. The summed E-state index contributed by atoms with van der Waals surface area (Å²) >= 11 is 5.92. The van der Waals surface area contributed by atoms with E-state index in [9.17, 15) is 9.59 Å². The van der Waals surface area contributed by atoms with Crippen molar-refractivity contribution < 1.29 is 9.59 Å². The largest absolute Gasteiger partial charge is 0.349 e. The van der Waals surface area contributed by atoms with Crippen molar-refractivity contribution in [3.8, 4) is 0 Å². The molecule has 2 N–H and O–H groups in total. The number of rotatable bonds is 4. The Morgan fingerprint density at radius 3 is 2.29 bits per heavy atom. The van der Waals surface area contributed by atoms with Crippen molar-refractivity contribution in [3.05, 3.63) is 64.7 Å². The van der Waals surface area contributed by atoms with Gasteiger partial charge in [-0.25, -0.2) is 0 Å². The second-order valence-electron chi connectivity index (χ2n) is 6.00. The third-order valence-electron chi connectivity index (χ3n) is 4.16. The van der Waals surface area contributed by atoms with Crippen molar-refractivity contribution in [1.82, 2.24) is 5.32 Å². The van der Waals surface area contributed by atoms with E-state index in [1.165, 1.54) is 0 Å². The first-order valence-corrected chi connectivity index (χ1v) is 8.47. The van der Waals surface area contributed by atoms with Crippen LogP contribution in [0.15, 0.2) is 48.5 Å². The highest BCUT2D eigenvalue weighted by molar-refractivity contribution is 6.31. The van der Waals surface area contributed by atoms with Crippen LogP contribution >= 0.6 is 11.6 Å². The van der Waals surface area contributed by atoms with Crippen LogP contribution in [0.2, 0.25) is 5.02 Å². The summed E-state index contributed by atoms with van der Waals surface area (Å²) in [5, 5.41) is 6.37. The molecule has 0 spiro atoms. The molecule has 0 atom stereocenters. The van der Waals surface area contributed by atoms with Crippen LogP contribution in [0.5, 0.6) is 0 Å². The molecule has 2 amide bonds. The zero-order valence-electron chi connectivity index (χ0n) is 13.2. The number of nitrogens with one attached hydrogen (secondary N) is 2. The summed E-state index contributed by atoms with van der Waals surface area (Å²) in [5.41, 5.74) is 1.56. The van der Waals surface area contributed by atoms with Crippen molar-refractivity contribution in [2.45, 2.75) is 31.7 Å². The van der Waals surface area contributed by atoms with Gasteiger partial charge in [0, 0.05) is 27.9 Å². The molecule has 0 aromatic heterocycles. The van der Waals surface area contributed by atoms with Gasteiger partial charge in [0.15, 0.2) is 0 Å². The van der Waals surface area contributed by atoms with Crippen molar-refractivity contribution in [1.29, 1.82) is 0 Å². The Balaban J connectivity index is 1.69. The van der Waals surface area contributed by atoms with E-state index in [0.29, 0.717) is 21.8 Å². The maximum absolute atomic E-state index is 12.4. The van der Waals surface area contributed by atoms with Gasteiger partial charge in [-0.15, -0.1) is 0 Å². The molecule has 3 rings (SSSR count). The zero-order valence-corrected chi connectivity index (χ0v) is 14.0. The summed E-state index contributed by atoms with van der Waals surface area (Å²) in [7, 11) is 0. The SMILES string of the molecule is O=C(Nc1cccc(Cl)c1)c1cccc(C(=O)NC2CCCC2)c1. The third kappa shape index (κ3) is 4.15. The Labute approximate surface area is 146 Å². The normalized spacial score (nSPS) is 14.4. The lowest BCUT2D eigenvalue weighted by Gasteiger charge is -2.12. The molecular weight excluding hydrogens is 324 g/mol. The number of hydrogen-bond donors (Lipinski definition) is 2. The Morgan fingerprint density at radius 2 is 1.58 bits per heavy atom. The molecule has 1 fully saturated rings. The molecular formula is C19H19ClN2O2. The molecule has 0 aliphatic heterocycles. The van der Waals surface area contributed by atoms with E-state index in [1.54, 1.807) is 48.5 Å². The summed E-state index contributed by atoms with van der Waals surface area (Å²) in [6.45, 7) is 0. The zero-order chi connectivity index (χ0) is 16.9. The standard InChI is InChI=1S/C19H19ClN2O2/c20-15-7-4-10-17(12-15)22-19(24)14-6-3-5-13(11-14)18(23)21-16-8-1-2-9-16/h3-7,10-12,16H,1-2,8-9H2,(H,21,23)(H,22,24). The van der Waals surface area contributed by atoms with Crippen LogP contribution in [-0.2, 0) is 0 Å². The van der Waals surface area contributed by atoms with Crippen molar-refractivity contribution in [2.75, 3.05) is 5.32 Å². The van der Waals surface area contributed by atoms with Gasteiger partial charge in [-0.1, -0.05) is 36.6 Å². The van der Waals surface area contributed by atoms with Gasteiger partial charge in [0.2, 0.25) is 0 Å². The fourth-order valence-electron chi connectivity index (χ4n) is 2.91. The summed E-state index contributed by atoms with van der Waals surface area (Å²) in [4.78, 5) is 24.7. The lowest BCUT2D eigenvalue weighted by molar-refractivity contribution is 0.0938. The van der Waals surface area contributed by atoms with E-state index >= 15 is 0 Å². The molecule has 1 aliphatic carbocycles. The Hall–Kier alpha value is -2.33. The number of carbonyl (C=O) groups is 2. The second kappa shape index (κ2) is 7.49. The van der Waals surface area contributed by atoms with Gasteiger partial charge < -0.3 is 10.6 Å². The highest BCUT2D eigenvalue weighted by atomic mass is 35.5. The van der Waals surface area contributed by atoms with Gasteiger partial charge in [-0.05, 0) is 49.2 Å². The van der Waals surface area contributed by atoms with Gasteiger partial charge >= 0.3 is 0 Å². The van der Waals surface area contributed by atoms with Crippen LogP contribution in [-0.4, -0.2) is 17.9 Å². The summed E-state index contributed by atoms with van der Waals surface area (Å²) in [6.07, 6.45) is 4.38. The molecule has 0 bridgehead atoms. The molecule has 4 nitrogen and oxygen atoms in total. The van der Waals surface area contributed by atoms with Gasteiger partial charge in [0.05, 0.1) is 0 Å². The van der Waals surface area contributed by atoms with E-state index < -0.39 is 0 Å². The minimum Gasteiger partial charge on any atom is -0.349 e. The van der Waals surface area contributed by atoms with Crippen LogP contribution in [0.4, 0.5) is 5.69 Å². The van der Waals surface area contributed by atoms with E-state index in [2.05, 4.69) is 10.6 Å². The van der Waals surface area contributed by atoms with Gasteiger partial charge in [0.1, 0.15) is 0 Å². The van der Waals surface area contributed by atoms with Crippen molar-refractivity contribution >= 4 is 29.1 Å². The molecule has 124 valence electrons. The number of benzene rings is 2. The van der Waals surface area contributed by atoms with Crippen molar-refractivity contribution in [3.63, 3.8) is 0 Å². The molecule has 0 saturated heterocycles. The molecule has 2 aromatic rings. The Kier molecular flexibility index (Phi) is 5.16. The van der Waals surface area contributed by atoms with E-state index in [1.807, 2.05) is 0 Å². The third-order valence-corrected chi connectivity index (χ3v) is 4.39. The summed E-state index contributed by atoms with van der Waals surface area (Å²) in [6, 6.07) is 13.9. The monoisotopic (exact) mass is 342 g/mol. The van der Waals surface area contributed by atoms with E-state index in [0.717, 1.165) is 25.7 Å². The maximum Gasteiger partial charge on any atom is 0.255 e. The van der Waals surface area contributed by atoms with Gasteiger partial charge in [-0.2, -0.15) is 0 Å². The van der Waals surface area contributed by atoms with Gasteiger partial charge in [0.25, 0.3) is 11.8 Å². The molecule has 0 heterocycles. The Morgan fingerprint density at radius 1 is 0.917 bits per heavy atom. The number of halogens is 1. The van der Waals surface area contributed by atoms with Crippen LogP contribution in [0, 0.1) is 0 Å². The molecule has 0 unspecified atom stereocenters. The number of amides is 2. The molecule has 1 aliphatic rings. The lowest BCUT2D eigenvalue weighted by Crippen LogP contribution is -2.32. The number of carbonyl (C=O) groups excluding carboxylic acids is 2. The van der Waals surface area contributed by atoms with Crippen LogP contribution in [0.1, 0.15) is 46.4 Å². The summed E-state index contributed by atoms with van der Waals surface area (Å²) in [5.74, 6) is -0.396. The smallest absolute Gasteiger partial charge is 0.255 e. The number of anilines is 1. The maximum atomic E-state index is 12.4. The van der Waals surface area contributed by atoms with Crippen LogP contribution < -0.4 is 10.6 Å². The average Bonchev–Trinajstić information content (AvgIpc) is 3.08. The first-order chi connectivity index (χ1) is 11.6. The summed E-state index contributed by atoms with van der Waals surface area (Å²) < 4.78 is 0. The molecule has 2 aromatic carbocycles. The topological polar surface area (TPSA) is 58.2 Å². The fourth-order valence-corrected chi connectivity index (χ4v) is 3.10. The minimum absolute atomic E-state index is 0.126. The second-order valence-corrected chi connectivity index (χ2v) is 6.44. The minimum atomic E-state index is -0.271. The molecule has 1 saturated carbocycles. The van der Waals surface area contributed by atoms with Crippen LogP contribution in [0.3, 0.4) is 0 Å². The average molecular weight is 343 g/mol. The predicted molar refractivity (Wildman–Crippen MR) is 95.6 cm³/mol. The highest BCUT2D eigenvalue weighted by Crippen LogP contribution is 2.19. The first kappa shape index (κ1) is 16.5. The first-order valence-electron chi connectivity index (χ1n) is 8.10. The molecule has 5 heteroatoms.